The van der Waals surface area contributed by atoms with Gasteiger partial charge in [0.25, 0.3) is 0 Å². The first kappa shape index (κ1) is 55.4. The van der Waals surface area contributed by atoms with Crippen molar-refractivity contribution in [3.05, 3.63) is 46.6 Å². The lowest BCUT2D eigenvalue weighted by atomic mass is 9.79. The molecule has 4 heteroatoms. The Labute approximate surface area is 368 Å². The van der Waals surface area contributed by atoms with Crippen LogP contribution < -0.4 is 0 Å². The van der Waals surface area contributed by atoms with E-state index in [9.17, 15) is 9.90 Å². The number of carbonyl (C=O) groups excluding carboxylic acids is 1. The predicted molar refractivity (Wildman–Crippen MR) is 258 cm³/mol. The second kappa shape index (κ2) is 39.2. The molecule has 0 heterocycles. The lowest BCUT2D eigenvalue weighted by molar-refractivity contribution is -0.142. The first-order valence-corrected chi connectivity index (χ1v) is 25.8. The van der Waals surface area contributed by atoms with Crippen molar-refractivity contribution in [2.45, 2.75) is 278 Å². The Hall–Kier alpha value is -1.65. The van der Waals surface area contributed by atoms with Gasteiger partial charge in [0.05, 0.1) is 5.60 Å². The van der Waals surface area contributed by atoms with Crippen molar-refractivity contribution in [2.24, 2.45) is 5.92 Å². The summed E-state index contributed by atoms with van der Waals surface area (Å²) in [5, 5.41) is 20.3. The molecule has 0 aromatic heterocycles. The van der Waals surface area contributed by atoms with E-state index in [1.54, 1.807) is 0 Å². The van der Waals surface area contributed by atoms with Gasteiger partial charge in [-0.2, -0.15) is 0 Å². The van der Waals surface area contributed by atoms with Crippen molar-refractivity contribution in [1.29, 1.82) is 0 Å². The molecule has 4 nitrogen and oxygen atoms in total. The zero-order chi connectivity index (χ0) is 43.1. The maximum atomic E-state index is 12.6. The van der Waals surface area contributed by atoms with Crippen molar-refractivity contribution >= 4 is 5.97 Å². The van der Waals surface area contributed by atoms with E-state index < -0.39 is 5.60 Å². The molecule has 0 fully saturated rings. The van der Waals surface area contributed by atoms with E-state index >= 15 is 0 Å². The Morgan fingerprint density at radius 3 is 1.51 bits per heavy atom. The Bertz CT molecular complexity index is 1110. The zero-order valence-corrected chi connectivity index (χ0v) is 40.2. The molecule has 0 bridgehead atoms. The molecule has 0 amide bonds. The second-order valence-electron chi connectivity index (χ2n) is 19.4. The normalized spacial score (nSPS) is 16.7. The van der Waals surface area contributed by atoms with Crippen molar-refractivity contribution in [3.8, 4) is 0 Å². The van der Waals surface area contributed by atoms with Crippen LogP contribution in [0.1, 0.15) is 272 Å². The van der Waals surface area contributed by atoms with Gasteiger partial charge >= 0.3 is 5.97 Å². The number of ether oxygens (including phenoxy) is 1. The third-order valence-corrected chi connectivity index (χ3v) is 13.1. The van der Waals surface area contributed by atoms with Gasteiger partial charge in [-0.05, 0) is 117 Å². The summed E-state index contributed by atoms with van der Waals surface area (Å²) in [6.07, 6.45) is 54.8. The molecule has 0 aliphatic heterocycles. The van der Waals surface area contributed by atoms with Crippen molar-refractivity contribution in [2.75, 3.05) is 13.2 Å². The summed E-state index contributed by atoms with van der Waals surface area (Å²) in [6.45, 7) is 11.5. The molecule has 0 saturated heterocycles. The largest absolute Gasteiger partial charge is 0.461 e. The van der Waals surface area contributed by atoms with E-state index in [0.29, 0.717) is 19.6 Å². The molecule has 1 rings (SSSR count). The monoisotopic (exact) mass is 825 g/mol. The summed E-state index contributed by atoms with van der Waals surface area (Å²) < 4.78 is 5.79. The first-order chi connectivity index (χ1) is 28.6. The van der Waals surface area contributed by atoms with Gasteiger partial charge in [-0.25, -0.2) is 0 Å². The quantitative estimate of drug-likeness (QED) is 0.0379. The highest BCUT2D eigenvalue weighted by Crippen LogP contribution is 2.33. The summed E-state index contributed by atoms with van der Waals surface area (Å²) in [7, 11) is 0. The van der Waals surface area contributed by atoms with Gasteiger partial charge in [0.15, 0.2) is 0 Å². The lowest BCUT2D eigenvalue weighted by Crippen LogP contribution is -2.34. The molecule has 0 saturated carbocycles. The second-order valence-corrected chi connectivity index (χ2v) is 19.4. The Morgan fingerprint density at radius 1 is 0.627 bits per heavy atom. The fourth-order valence-electron chi connectivity index (χ4n) is 8.78. The third kappa shape index (κ3) is 35.6. The van der Waals surface area contributed by atoms with Crippen LogP contribution in [-0.4, -0.2) is 35.0 Å². The van der Waals surface area contributed by atoms with Crippen molar-refractivity contribution in [1.82, 2.24) is 0 Å². The molecule has 0 radical (unpaired) electrons. The number of allylic oxidation sites excluding steroid dienone is 7. The summed E-state index contributed by atoms with van der Waals surface area (Å²) in [5.74, 6) is 0.214. The van der Waals surface area contributed by atoms with Gasteiger partial charge in [-0.1, -0.05) is 202 Å². The Kier molecular flexibility index (Phi) is 36.8. The summed E-state index contributed by atoms with van der Waals surface area (Å²) in [6, 6.07) is 0. The van der Waals surface area contributed by atoms with Crippen LogP contribution in [0.5, 0.6) is 0 Å². The number of carbonyl (C=O) groups is 1. The van der Waals surface area contributed by atoms with Gasteiger partial charge < -0.3 is 14.9 Å². The van der Waals surface area contributed by atoms with E-state index in [4.69, 9.17) is 9.84 Å². The maximum Gasteiger partial charge on any atom is 0.306 e. The summed E-state index contributed by atoms with van der Waals surface area (Å²) >= 11 is 0. The zero-order valence-electron chi connectivity index (χ0n) is 40.2. The van der Waals surface area contributed by atoms with E-state index in [0.717, 1.165) is 77.0 Å². The van der Waals surface area contributed by atoms with Crippen LogP contribution in [0.4, 0.5) is 0 Å². The van der Waals surface area contributed by atoms with Crippen LogP contribution >= 0.6 is 0 Å². The van der Waals surface area contributed by atoms with Gasteiger partial charge in [0.2, 0.25) is 0 Å². The van der Waals surface area contributed by atoms with Crippen LogP contribution in [0.2, 0.25) is 0 Å². The average Bonchev–Trinajstić information content (AvgIpc) is 3.20. The molecule has 2 atom stereocenters. The molecule has 1 aliphatic carbocycles. The average molecular weight is 825 g/mol. The molecule has 0 aromatic rings. The molecular weight excluding hydrogens is 725 g/mol. The van der Waals surface area contributed by atoms with Gasteiger partial charge in [0.1, 0.15) is 6.61 Å². The number of rotatable bonds is 35. The number of esters is 1. The minimum atomic E-state index is -0.668. The molecule has 59 heavy (non-hydrogen) atoms. The van der Waals surface area contributed by atoms with E-state index in [1.165, 1.54) is 176 Å². The van der Waals surface area contributed by atoms with Crippen LogP contribution in [0.15, 0.2) is 46.6 Å². The minimum Gasteiger partial charge on any atom is -0.461 e. The molecule has 0 aromatic carbocycles. The SMILES string of the molecule is CC(C)=CCCC(C)(O)C1CC=C(C)CCC=C(COC(=O)CCCCCCCCCCCCCCCCCCCCCCCCCCCCCO)CCC=C(C)CC1. The highest BCUT2D eigenvalue weighted by molar-refractivity contribution is 5.69. The number of aliphatic hydroxyl groups is 2. The fourth-order valence-corrected chi connectivity index (χ4v) is 8.78. The van der Waals surface area contributed by atoms with E-state index in [-0.39, 0.29) is 11.9 Å². The Balaban J connectivity index is 2.04. The van der Waals surface area contributed by atoms with Crippen LogP contribution in [0, 0.1) is 5.92 Å². The van der Waals surface area contributed by atoms with Crippen LogP contribution in [-0.2, 0) is 9.53 Å². The van der Waals surface area contributed by atoms with Crippen LogP contribution in [0.3, 0.4) is 0 Å². The molecule has 344 valence electrons. The Morgan fingerprint density at radius 2 is 1.05 bits per heavy atom. The topological polar surface area (TPSA) is 66.8 Å². The van der Waals surface area contributed by atoms with Gasteiger partial charge in [-0.3, -0.25) is 4.79 Å². The summed E-state index contributed by atoms with van der Waals surface area (Å²) in [4.78, 5) is 12.6. The molecule has 1 aliphatic rings. The summed E-state index contributed by atoms with van der Waals surface area (Å²) in [5.41, 5.74) is 4.68. The maximum absolute atomic E-state index is 12.6. The number of hydrogen-bond acceptors (Lipinski definition) is 4. The van der Waals surface area contributed by atoms with E-state index in [1.807, 2.05) is 6.92 Å². The third-order valence-electron chi connectivity index (χ3n) is 13.1. The lowest BCUT2D eigenvalue weighted by Gasteiger charge is -2.33. The van der Waals surface area contributed by atoms with Gasteiger partial charge in [0, 0.05) is 13.0 Å². The smallest absolute Gasteiger partial charge is 0.306 e. The van der Waals surface area contributed by atoms with E-state index in [2.05, 4.69) is 52.0 Å². The van der Waals surface area contributed by atoms with Crippen LogP contribution in [0.25, 0.3) is 0 Å². The highest BCUT2D eigenvalue weighted by Gasteiger charge is 2.30. The molecule has 0 spiro atoms. The number of hydrogen-bond donors (Lipinski definition) is 2. The highest BCUT2D eigenvalue weighted by atomic mass is 16.5. The van der Waals surface area contributed by atoms with Gasteiger partial charge in [-0.15, -0.1) is 0 Å². The fraction of sp³-hybridized carbons (Fsp3) is 0.836. The molecule has 2 N–H and O–H groups in total. The van der Waals surface area contributed by atoms with Crippen molar-refractivity contribution < 1.29 is 19.7 Å². The standard InChI is InChI=1S/C55H100O4/c1-49(2)36-35-46-55(5,58)53-44-42-50(3)37-33-39-52(40-34-38-51(4)43-45-53)48-59-54(57)41-31-29-27-25-23-21-19-17-15-13-11-9-7-6-8-10-12-14-16-18-20-22-24-26-28-30-32-47-56/h36-37,40,43,53,56,58H,6-35,38-39,41-42,44-48H2,1-5H3. The minimum absolute atomic E-state index is 0.0406. The predicted octanol–water partition coefficient (Wildman–Crippen LogP) is 17.1. The molecule has 2 unspecified atom stereocenters. The number of unbranched alkanes of at least 4 members (excludes halogenated alkanes) is 26. The first-order valence-electron chi connectivity index (χ1n) is 25.8. The number of aliphatic hydroxyl groups excluding tert-OH is 1. The van der Waals surface area contributed by atoms with Crippen molar-refractivity contribution in [3.63, 3.8) is 0 Å². The molecular formula is C55H100O4.